The van der Waals surface area contributed by atoms with Crippen molar-refractivity contribution in [3.05, 3.63) is 96.6 Å². The molecule has 0 aromatic heterocycles. The van der Waals surface area contributed by atoms with Gasteiger partial charge in [-0.05, 0) is 88.1 Å². The summed E-state index contributed by atoms with van der Waals surface area (Å²) < 4.78 is 10.8. The lowest BCUT2D eigenvalue weighted by atomic mass is 9.95. The second-order valence-electron chi connectivity index (χ2n) is 7.98. The van der Waals surface area contributed by atoms with E-state index < -0.39 is 0 Å². The van der Waals surface area contributed by atoms with Gasteiger partial charge in [-0.25, -0.2) is 0 Å². The molecule has 32 heavy (non-hydrogen) atoms. The van der Waals surface area contributed by atoms with Crippen LogP contribution in [-0.2, 0) is 0 Å². The van der Waals surface area contributed by atoms with Gasteiger partial charge in [-0.1, -0.05) is 42.5 Å². The Bertz CT molecular complexity index is 1440. The number of nitrogens with one attached hydrogen (secondary N) is 1. The predicted octanol–water partition coefficient (Wildman–Crippen LogP) is 7.73. The molecular weight excluding hydrogens is 394 g/mol. The second kappa shape index (κ2) is 8.27. The van der Waals surface area contributed by atoms with E-state index in [9.17, 15) is 0 Å². The van der Waals surface area contributed by atoms with E-state index in [1.807, 2.05) is 12.1 Å². The Hall–Kier alpha value is -3.98. The van der Waals surface area contributed by atoms with Crippen molar-refractivity contribution in [1.29, 1.82) is 0 Å². The van der Waals surface area contributed by atoms with Crippen molar-refractivity contribution in [3.63, 3.8) is 0 Å². The first-order chi connectivity index (χ1) is 15.6. The molecule has 0 aliphatic carbocycles. The van der Waals surface area contributed by atoms with Gasteiger partial charge in [-0.15, -0.1) is 0 Å². The topological polar surface area (TPSA) is 30.5 Å². The van der Waals surface area contributed by atoms with Gasteiger partial charge in [-0.2, -0.15) is 0 Å². The maximum atomic E-state index is 5.45. The van der Waals surface area contributed by atoms with Crippen LogP contribution < -0.4 is 14.8 Å². The lowest BCUT2D eigenvalue weighted by Gasteiger charge is -2.17. The van der Waals surface area contributed by atoms with Gasteiger partial charge in [0.2, 0.25) is 0 Å². The van der Waals surface area contributed by atoms with Crippen LogP contribution in [0.5, 0.6) is 11.5 Å². The molecule has 1 N–H and O–H groups in total. The van der Waals surface area contributed by atoms with Crippen LogP contribution in [0.15, 0.2) is 91.0 Å². The summed E-state index contributed by atoms with van der Waals surface area (Å²) in [6, 6.07) is 31.7. The van der Waals surface area contributed by atoms with Crippen molar-refractivity contribution in [2.24, 2.45) is 0 Å². The summed E-state index contributed by atoms with van der Waals surface area (Å²) in [5.74, 6) is 1.73. The highest BCUT2D eigenvalue weighted by Crippen LogP contribution is 2.37. The van der Waals surface area contributed by atoms with Crippen molar-refractivity contribution in [2.75, 3.05) is 19.5 Å². The fraction of sp³-hybridized carbons (Fsp3) is 0.103. The fourth-order valence-electron chi connectivity index (χ4n) is 4.19. The zero-order valence-electron chi connectivity index (χ0n) is 18.5. The molecule has 5 aromatic rings. The van der Waals surface area contributed by atoms with E-state index in [4.69, 9.17) is 9.47 Å². The van der Waals surface area contributed by atoms with Gasteiger partial charge in [0.15, 0.2) is 0 Å². The zero-order valence-corrected chi connectivity index (χ0v) is 18.5. The first-order valence-corrected chi connectivity index (χ1v) is 10.7. The number of hydrogen-bond donors (Lipinski definition) is 1. The highest BCUT2D eigenvalue weighted by atomic mass is 16.5. The molecule has 0 fully saturated rings. The SMILES string of the molecule is COc1ccc2cc(Nc3cc4ccc(OC)cc4cc3-c3ccccc3C)ccc2c1. The third kappa shape index (κ3) is 3.74. The van der Waals surface area contributed by atoms with E-state index in [2.05, 4.69) is 91.1 Å². The van der Waals surface area contributed by atoms with Crippen LogP contribution in [0.1, 0.15) is 5.56 Å². The summed E-state index contributed by atoms with van der Waals surface area (Å²) in [5, 5.41) is 8.31. The summed E-state index contributed by atoms with van der Waals surface area (Å²) in [4.78, 5) is 0. The minimum atomic E-state index is 0.860. The van der Waals surface area contributed by atoms with Crippen molar-refractivity contribution in [2.45, 2.75) is 6.92 Å². The largest absolute Gasteiger partial charge is 0.497 e. The highest BCUT2D eigenvalue weighted by Gasteiger charge is 2.11. The lowest BCUT2D eigenvalue weighted by molar-refractivity contribution is 0.415. The normalized spacial score (nSPS) is 11.0. The molecule has 0 aliphatic heterocycles. The monoisotopic (exact) mass is 419 g/mol. The zero-order chi connectivity index (χ0) is 22.1. The number of methoxy groups -OCH3 is 2. The molecule has 0 bridgehead atoms. The van der Waals surface area contributed by atoms with Crippen LogP contribution in [0, 0.1) is 6.92 Å². The van der Waals surface area contributed by atoms with Crippen molar-refractivity contribution < 1.29 is 9.47 Å². The van der Waals surface area contributed by atoms with Crippen LogP contribution in [0.3, 0.4) is 0 Å². The van der Waals surface area contributed by atoms with Crippen LogP contribution in [-0.4, -0.2) is 14.2 Å². The lowest BCUT2D eigenvalue weighted by Crippen LogP contribution is -1.96. The molecule has 0 amide bonds. The van der Waals surface area contributed by atoms with Crippen LogP contribution >= 0.6 is 0 Å². The number of fused-ring (bicyclic) bond motifs is 2. The third-order valence-corrected chi connectivity index (χ3v) is 5.95. The average Bonchev–Trinajstić information content (AvgIpc) is 2.83. The summed E-state index contributed by atoms with van der Waals surface area (Å²) in [6.45, 7) is 2.15. The predicted molar refractivity (Wildman–Crippen MR) is 134 cm³/mol. The minimum absolute atomic E-state index is 0.860. The van der Waals surface area contributed by atoms with Gasteiger partial charge < -0.3 is 14.8 Å². The summed E-state index contributed by atoms with van der Waals surface area (Å²) >= 11 is 0. The standard InChI is InChI=1S/C29H25NO2/c1-19-6-4-5-7-27(19)28-17-23-16-26(32-3)13-10-22(23)18-29(28)30-24-11-8-21-15-25(31-2)12-9-20(21)14-24/h4-18,30H,1-3H3. The Morgan fingerprint density at radius 2 is 1.19 bits per heavy atom. The Morgan fingerprint density at radius 1 is 0.562 bits per heavy atom. The molecule has 0 saturated carbocycles. The van der Waals surface area contributed by atoms with Gasteiger partial charge in [0.25, 0.3) is 0 Å². The molecule has 5 rings (SSSR count). The molecule has 158 valence electrons. The molecular formula is C29H25NO2. The second-order valence-corrected chi connectivity index (χ2v) is 7.98. The number of ether oxygens (including phenoxy) is 2. The first-order valence-electron chi connectivity index (χ1n) is 10.7. The number of hydrogen-bond acceptors (Lipinski definition) is 3. The van der Waals surface area contributed by atoms with E-state index >= 15 is 0 Å². The molecule has 0 saturated heterocycles. The quantitative estimate of drug-likeness (QED) is 0.316. The van der Waals surface area contributed by atoms with E-state index in [1.165, 1.54) is 22.1 Å². The Balaban J connectivity index is 1.64. The van der Waals surface area contributed by atoms with Crippen LogP contribution in [0.4, 0.5) is 11.4 Å². The van der Waals surface area contributed by atoms with Crippen LogP contribution in [0.25, 0.3) is 32.7 Å². The number of anilines is 2. The number of benzene rings is 5. The molecule has 0 spiro atoms. The molecule has 5 aromatic carbocycles. The molecule has 0 aliphatic rings. The Kier molecular flexibility index (Phi) is 5.16. The van der Waals surface area contributed by atoms with Gasteiger partial charge in [-0.3, -0.25) is 0 Å². The van der Waals surface area contributed by atoms with Gasteiger partial charge in [0, 0.05) is 16.9 Å². The average molecular weight is 420 g/mol. The van der Waals surface area contributed by atoms with E-state index in [-0.39, 0.29) is 0 Å². The molecule has 0 unspecified atom stereocenters. The summed E-state index contributed by atoms with van der Waals surface area (Å²) in [6.07, 6.45) is 0. The number of rotatable bonds is 5. The first kappa shape index (κ1) is 20.0. The van der Waals surface area contributed by atoms with Gasteiger partial charge in [0.1, 0.15) is 11.5 Å². The fourth-order valence-corrected chi connectivity index (χ4v) is 4.19. The van der Waals surface area contributed by atoms with E-state index in [0.717, 1.165) is 39.0 Å². The van der Waals surface area contributed by atoms with Crippen molar-refractivity contribution in [3.8, 4) is 22.6 Å². The maximum absolute atomic E-state index is 5.45. The summed E-state index contributed by atoms with van der Waals surface area (Å²) in [5.41, 5.74) is 5.74. The van der Waals surface area contributed by atoms with E-state index in [1.54, 1.807) is 14.2 Å². The van der Waals surface area contributed by atoms with E-state index in [0.29, 0.717) is 0 Å². The van der Waals surface area contributed by atoms with Gasteiger partial charge in [0.05, 0.1) is 14.2 Å². The smallest absolute Gasteiger partial charge is 0.119 e. The molecule has 0 heterocycles. The molecule has 3 nitrogen and oxygen atoms in total. The maximum Gasteiger partial charge on any atom is 0.119 e. The van der Waals surface area contributed by atoms with Crippen LogP contribution in [0.2, 0.25) is 0 Å². The van der Waals surface area contributed by atoms with Gasteiger partial charge >= 0.3 is 0 Å². The molecule has 3 heteroatoms. The summed E-state index contributed by atoms with van der Waals surface area (Å²) in [7, 11) is 3.40. The Labute approximate surface area is 188 Å². The Morgan fingerprint density at radius 3 is 1.91 bits per heavy atom. The highest BCUT2D eigenvalue weighted by molar-refractivity contribution is 5.97. The van der Waals surface area contributed by atoms with Crippen molar-refractivity contribution in [1.82, 2.24) is 0 Å². The number of aryl methyl sites for hydroxylation is 1. The third-order valence-electron chi connectivity index (χ3n) is 5.95. The minimum Gasteiger partial charge on any atom is -0.497 e. The molecule has 0 radical (unpaired) electrons. The van der Waals surface area contributed by atoms with Crippen molar-refractivity contribution >= 4 is 32.9 Å². The molecule has 0 atom stereocenters.